The summed E-state index contributed by atoms with van der Waals surface area (Å²) >= 11 is 0. The van der Waals surface area contributed by atoms with Crippen molar-refractivity contribution in [2.75, 3.05) is 5.32 Å². The van der Waals surface area contributed by atoms with Crippen LogP contribution < -0.4 is 10.6 Å². The van der Waals surface area contributed by atoms with Crippen molar-refractivity contribution in [3.8, 4) is 11.4 Å². The Labute approximate surface area is 153 Å². The van der Waals surface area contributed by atoms with Crippen LogP contribution in [0.4, 0.5) is 19.3 Å². The topological polar surface area (TPSA) is 92.9 Å². The van der Waals surface area contributed by atoms with Gasteiger partial charge in [0, 0.05) is 18.0 Å². The van der Waals surface area contributed by atoms with E-state index in [1.165, 1.54) is 6.07 Å². The molecule has 2 heterocycles. The molecule has 0 bridgehead atoms. The molecule has 0 aliphatic rings. The molecule has 0 aliphatic carbocycles. The van der Waals surface area contributed by atoms with Gasteiger partial charge in [-0.1, -0.05) is 25.1 Å². The Kier molecular flexibility index (Phi) is 5.39. The molecular weight excluding hydrogens is 356 g/mol. The molecule has 1 atom stereocenters. The van der Waals surface area contributed by atoms with Crippen LogP contribution in [0.5, 0.6) is 0 Å². The molecule has 7 nitrogen and oxygen atoms in total. The summed E-state index contributed by atoms with van der Waals surface area (Å²) < 4.78 is 32.6. The number of amides is 2. The fraction of sp³-hybridized carbons (Fsp3) is 0.222. The lowest BCUT2D eigenvalue weighted by Crippen LogP contribution is -2.35. The van der Waals surface area contributed by atoms with E-state index in [9.17, 15) is 13.6 Å². The molecular formula is C18H17F2N5O2. The summed E-state index contributed by atoms with van der Waals surface area (Å²) in [6, 6.07) is 5.38. The van der Waals surface area contributed by atoms with Gasteiger partial charge in [0.15, 0.2) is 0 Å². The van der Waals surface area contributed by atoms with Gasteiger partial charge in [0.1, 0.15) is 23.4 Å². The Balaban J connectivity index is 1.77. The van der Waals surface area contributed by atoms with Crippen LogP contribution in [-0.4, -0.2) is 21.2 Å². The summed E-state index contributed by atoms with van der Waals surface area (Å²) in [5, 5.41) is 8.67. The number of pyridine rings is 1. The van der Waals surface area contributed by atoms with E-state index in [-0.39, 0.29) is 11.8 Å². The third kappa shape index (κ3) is 4.25. The number of benzene rings is 1. The molecule has 2 aromatic heterocycles. The second-order valence-corrected chi connectivity index (χ2v) is 6.11. The van der Waals surface area contributed by atoms with Gasteiger partial charge in [-0.05, 0) is 30.2 Å². The predicted octanol–water partition coefficient (Wildman–Crippen LogP) is 3.93. The Morgan fingerprint density at radius 1 is 1.15 bits per heavy atom. The highest BCUT2D eigenvalue weighted by Gasteiger charge is 2.25. The van der Waals surface area contributed by atoms with Crippen LogP contribution in [0.1, 0.15) is 25.8 Å². The van der Waals surface area contributed by atoms with Crippen molar-refractivity contribution in [3.63, 3.8) is 0 Å². The SMILES string of the molecule is CC(C)C(NC(=O)Nc1c(F)cccc1F)c1nc(-c2cccnc2)no1. The zero-order valence-electron chi connectivity index (χ0n) is 14.6. The fourth-order valence-electron chi connectivity index (χ4n) is 2.40. The molecule has 0 radical (unpaired) electrons. The zero-order chi connectivity index (χ0) is 19.4. The van der Waals surface area contributed by atoms with Crippen molar-refractivity contribution in [1.29, 1.82) is 0 Å². The molecule has 2 amide bonds. The number of rotatable bonds is 5. The second-order valence-electron chi connectivity index (χ2n) is 6.11. The van der Waals surface area contributed by atoms with Crippen molar-refractivity contribution in [2.45, 2.75) is 19.9 Å². The number of hydrogen-bond donors (Lipinski definition) is 2. The number of hydrogen-bond acceptors (Lipinski definition) is 5. The van der Waals surface area contributed by atoms with Crippen molar-refractivity contribution < 1.29 is 18.1 Å². The van der Waals surface area contributed by atoms with E-state index in [1.54, 1.807) is 24.5 Å². The lowest BCUT2D eigenvalue weighted by molar-refractivity contribution is 0.235. The number of anilines is 1. The Hall–Kier alpha value is -3.36. The van der Waals surface area contributed by atoms with E-state index in [0.29, 0.717) is 11.4 Å². The molecule has 0 saturated carbocycles. The van der Waals surface area contributed by atoms with Gasteiger partial charge in [0.05, 0.1) is 0 Å². The minimum Gasteiger partial charge on any atom is -0.337 e. The normalized spacial score (nSPS) is 12.0. The molecule has 1 aromatic carbocycles. The molecule has 9 heteroatoms. The largest absolute Gasteiger partial charge is 0.337 e. The van der Waals surface area contributed by atoms with E-state index in [2.05, 4.69) is 25.8 Å². The summed E-state index contributed by atoms with van der Waals surface area (Å²) in [4.78, 5) is 20.5. The second kappa shape index (κ2) is 7.90. The lowest BCUT2D eigenvalue weighted by Gasteiger charge is -2.19. The standard InChI is InChI=1S/C18H17F2N5O2/c1-10(2)14(17-24-16(25-27-17)11-5-4-8-21-9-11)22-18(26)23-15-12(19)6-3-7-13(15)20/h3-10,14H,1-2H3,(H2,22,23,26). The number of aromatic nitrogens is 3. The number of halogens is 2. The van der Waals surface area contributed by atoms with Gasteiger partial charge in [0.25, 0.3) is 0 Å². The molecule has 0 spiro atoms. The third-order valence-corrected chi connectivity index (χ3v) is 3.78. The fourth-order valence-corrected chi connectivity index (χ4v) is 2.40. The third-order valence-electron chi connectivity index (χ3n) is 3.78. The maximum atomic E-state index is 13.7. The van der Waals surface area contributed by atoms with Crippen LogP contribution in [0.25, 0.3) is 11.4 Å². The van der Waals surface area contributed by atoms with Gasteiger partial charge in [0.2, 0.25) is 11.7 Å². The maximum absolute atomic E-state index is 13.7. The first-order valence-corrected chi connectivity index (χ1v) is 8.21. The van der Waals surface area contributed by atoms with Gasteiger partial charge in [-0.15, -0.1) is 0 Å². The van der Waals surface area contributed by atoms with Crippen molar-refractivity contribution in [3.05, 3.63) is 60.3 Å². The molecule has 2 N–H and O–H groups in total. The van der Waals surface area contributed by atoms with Crippen molar-refractivity contribution >= 4 is 11.7 Å². The number of carbonyl (C=O) groups is 1. The minimum absolute atomic E-state index is 0.122. The van der Waals surface area contributed by atoms with Gasteiger partial charge < -0.3 is 15.2 Å². The summed E-state index contributed by atoms with van der Waals surface area (Å²) in [6.07, 6.45) is 3.20. The highest BCUT2D eigenvalue weighted by atomic mass is 19.1. The first-order chi connectivity index (χ1) is 13.0. The number of urea groups is 1. The monoisotopic (exact) mass is 373 g/mol. The van der Waals surface area contributed by atoms with Gasteiger partial charge >= 0.3 is 6.03 Å². The molecule has 3 rings (SSSR count). The zero-order valence-corrected chi connectivity index (χ0v) is 14.6. The molecule has 3 aromatic rings. The summed E-state index contributed by atoms with van der Waals surface area (Å²) in [5.41, 5.74) is 0.131. The number of nitrogens with zero attached hydrogens (tertiary/aromatic N) is 3. The quantitative estimate of drug-likeness (QED) is 0.707. The number of nitrogens with one attached hydrogen (secondary N) is 2. The van der Waals surface area contributed by atoms with Crippen LogP contribution in [0.15, 0.2) is 47.2 Å². The van der Waals surface area contributed by atoms with Gasteiger partial charge in [-0.2, -0.15) is 4.98 Å². The summed E-state index contributed by atoms with van der Waals surface area (Å²) in [5.74, 6) is -1.37. The lowest BCUT2D eigenvalue weighted by atomic mass is 10.0. The van der Waals surface area contributed by atoms with Crippen molar-refractivity contribution in [2.24, 2.45) is 5.92 Å². The number of para-hydroxylation sites is 1. The van der Waals surface area contributed by atoms with Crippen LogP contribution in [0.3, 0.4) is 0 Å². The van der Waals surface area contributed by atoms with E-state index < -0.39 is 29.4 Å². The molecule has 0 fully saturated rings. The average molecular weight is 373 g/mol. The first-order valence-electron chi connectivity index (χ1n) is 8.21. The highest BCUT2D eigenvalue weighted by Crippen LogP contribution is 2.24. The van der Waals surface area contributed by atoms with Crippen molar-refractivity contribution in [1.82, 2.24) is 20.4 Å². The molecule has 140 valence electrons. The molecule has 0 aliphatic heterocycles. The first kappa shape index (κ1) is 18.4. The predicted molar refractivity (Wildman–Crippen MR) is 93.6 cm³/mol. The summed E-state index contributed by atoms with van der Waals surface area (Å²) in [7, 11) is 0. The Morgan fingerprint density at radius 2 is 1.89 bits per heavy atom. The van der Waals surface area contributed by atoms with Gasteiger partial charge in [-0.3, -0.25) is 4.98 Å². The molecule has 1 unspecified atom stereocenters. The Bertz CT molecular complexity index is 910. The van der Waals surface area contributed by atoms with E-state index in [4.69, 9.17) is 4.52 Å². The Morgan fingerprint density at radius 3 is 2.52 bits per heavy atom. The van der Waals surface area contributed by atoms with Crippen LogP contribution >= 0.6 is 0 Å². The number of carbonyl (C=O) groups excluding carboxylic acids is 1. The van der Waals surface area contributed by atoms with Gasteiger partial charge in [-0.25, -0.2) is 13.6 Å². The summed E-state index contributed by atoms with van der Waals surface area (Å²) in [6.45, 7) is 3.67. The van der Waals surface area contributed by atoms with E-state index >= 15 is 0 Å². The highest BCUT2D eigenvalue weighted by molar-refractivity contribution is 5.89. The molecule has 0 saturated heterocycles. The average Bonchev–Trinajstić information content (AvgIpc) is 3.13. The molecule has 27 heavy (non-hydrogen) atoms. The maximum Gasteiger partial charge on any atom is 0.320 e. The van der Waals surface area contributed by atoms with E-state index in [1.807, 2.05) is 13.8 Å². The van der Waals surface area contributed by atoms with Crippen LogP contribution in [0, 0.1) is 17.6 Å². The van der Waals surface area contributed by atoms with Crippen LogP contribution in [-0.2, 0) is 0 Å². The smallest absolute Gasteiger partial charge is 0.320 e. The van der Waals surface area contributed by atoms with Crippen LogP contribution in [0.2, 0.25) is 0 Å². The van der Waals surface area contributed by atoms with E-state index in [0.717, 1.165) is 12.1 Å². The minimum atomic E-state index is -0.872.